The van der Waals surface area contributed by atoms with Crippen LogP contribution in [0.4, 0.5) is 0 Å². The van der Waals surface area contributed by atoms with Crippen molar-refractivity contribution >= 4 is 14.8 Å². The Balaban J connectivity index is 1.82. The Hall–Kier alpha value is -0.613. The highest BCUT2D eigenvalue weighted by atomic mass is 28.3. The van der Waals surface area contributed by atoms with E-state index in [1.165, 1.54) is 0 Å². The van der Waals surface area contributed by atoms with Crippen molar-refractivity contribution < 1.29 is 33.3 Å². The Kier molecular flexibility index (Phi) is 13.4. The largest absolute Gasteiger partial charge is 0.413 e. The predicted molar refractivity (Wildman–Crippen MR) is 150 cm³/mol. The normalized spacial score (nSPS) is 31.8. The molecule has 1 aliphatic carbocycles. The first kappa shape index (κ1) is 31.9. The van der Waals surface area contributed by atoms with Crippen molar-refractivity contribution in [1.82, 2.24) is 0 Å². The Labute approximate surface area is 232 Å². The minimum absolute atomic E-state index is 0.00200. The van der Waals surface area contributed by atoms with Crippen molar-refractivity contribution in [3.8, 4) is 0 Å². The van der Waals surface area contributed by atoms with E-state index >= 15 is 0 Å². The minimum atomic E-state index is -0.940. The van der Waals surface area contributed by atoms with E-state index in [2.05, 4.69) is 46.0 Å². The molecule has 0 bridgehead atoms. The van der Waals surface area contributed by atoms with E-state index in [1.54, 1.807) is 0 Å². The van der Waals surface area contributed by atoms with Gasteiger partial charge in [0.05, 0.1) is 18.3 Å². The van der Waals surface area contributed by atoms with Gasteiger partial charge in [-0.15, -0.1) is 0 Å². The number of hydrogen-bond donors (Lipinski definition) is 1. The lowest BCUT2D eigenvalue weighted by molar-refractivity contribution is -0.207. The number of ketones is 1. The SMILES string of the molecule is C[Si](C)OC([C@H]1[C@@H](C/C=C\CCCC(=O)CO)[C@@H](OC2CCCCO2)C[C@H]1OC1CCCCO1)C(C)(C)C. The van der Waals surface area contributed by atoms with Crippen LogP contribution in [0.3, 0.4) is 0 Å². The number of carbonyl (C=O) groups excluding carboxylic acids is 1. The summed E-state index contributed by atoms with van der Waals surface area (Å²) in [5.74, 6) is 0.312. The summed E-state index contributed by atoms with van der Waals surface area (Å²) in [4.78, 5) is 11.4. The van der Waals surface area contributed by atoms with Gasteiger partial charge in [-0.1, -0.05) is 32.9 Å². The van der Waals surface area contributed by atoms with Crippen molar-refractivity contribution in [1.29, 1.82) is 0 Å². The number of ether oxygens (including phenoxy) is 4. The third-order valence-electron chi connectivity index (χ3n) is 7.94. The predicted octanol–water partition coefficient (Wildman–Crippen LogP) is 5.81. The Morgan fingerprint density at radius 1 is 1.00 bits per heavy atom. The smallest absolute Gasteiger partial charge is 0.205 e. The van der Waals surface area contributed by atoms with Gasteiger partial charge in [0, 0.05) is 32.0 Å². The van der Waals surface area contributed by atoms with Crippen LogP contribution in [-0.4, -0.2) is 70.6 Å². The molecule has 1 radical (unpaired) electrons. The molecule has 3 aliphatic rings. The van der Waals surface area contributed by atoms with Crippen LogP contribution in [0.25, 0.3) is 0 Å². The molecule has 7 atom stereocenters. The second-order valence-electron chi connectivity index (χ2n) is 12.5. The van der Waals surface area contributed by atoms with Crippen LogP contribution in [0.1, 0.15) is 91.4 Å². The van der Waals surface area contributed by atoms with E-state index < -0.39 is 9.04 Å². The van der Waals surface area contributed by atoms with Crippen LogP contribution < -0.4 is 0 Å². The third-order valence-corrected chi connectivity index (χ3v) is 8.66. The third kappa shape index (κ3) is 10.1. The lowest BCUT2D eigenvalue weighted by Gasteiger charge is -2.42. The van der Waals surface area contributed by atoms with Crippen LogP contribution in [-0.2, 0) is 28.2 Å². The zero-order valence-electron chi connectivity index (χ0n) is 24.5. The molecule has 0 aromatic carbocycles. The number of aliphatic hydroxyl groups excluding tert-OH is 1. The lowest BCUT2D eigenvalue weighted by Crippen LogP contribution is -2.47. The zero-order valence-corrected chi connectivity index (χ0v) is 25.5. The summed E-state index contributed by atoms with van der Waals surface area (Å²) in [6.07, 6.45) is 14.2. The van der Waals surface area contributed by atoms with Crippen LogP contribution in [0.15, 0.2) is 12.2 Å². The first-order valence-electron chi connectivity index (χ1n) is 15.0. The van der Waals surface area contributed by atoms with E-state index in [9.17, 15) is 4.79 Å². The quantitative estimate of drug-likeness (QED) is 0.165. The highest BCUT2D eigenvalue weighted by molar-refractivity contribution is 6.48. The summed E-state index contributed by atoms with van der Waals surface area (Å²) in [5, 5.41) is 8.97. The van der Waals surface area contributed by atoms with Crippen LogP contribution in [0, 0.1) is 17.3 Å². The van der Waals surface area contributed by atoms with Gasteiger partial charge in [0.15, 0.2) is 18.4 Å². The van der Waals surface area contributed by atoms with Gasteiger partial charge in [-0.05, 0) is 82.2 Å². The lowest BCUT2D eigenvalue weighted by atomic mass is 9.75. The van der Waals surface area contributed by atoms with Gasteiger partial charge in [-0.3, -0.25) is 4.79 Å². The molecule has 3 fully saturated rings. The van der Waals surface area contributed by atoms with E-state index in [-0.39, 0.29) is 60.5 Å². The maximum atomic E-state index is 11.4. The first-order chi connectivity index (χ1) is 18.2. The molecular formula is C30H53O7Si. The van der Waals surface area contributed by atoms with Crippen molar-refractivity contribution in [2.45, 2.75) is 135 Å². The van der Waals surface area contributed by atoms with Gasteiger partial charge in [0.2, 0.25) is 9.04 Å². The molecule has 38 heavy (non-hydrogen) atoms. The van der Waals surface area contributed by atoms with E-state index in [0.717, 1.165) is 77.4 Å². The first-order valence-corrected chi connectivity index (χ1v) is 17.4. The summed E-state index contributed by atoms with van der Waals surface area (Å²) in [6, 6.07) is 0. The fourth-order valence-electron chi connectivity index (χ4n) is 6.10. The summed E-state index contributed by atoms with van der Waals surface area (Å²) in [5.41, 5.74) is -0.0511. The Morgan fingerprint density at radius 3 is 2.16 bits per heavy atom. The average molecular weight is 554 g/mol. The fourth-order valence-corrected chi connectivity index (χ4v) is 7.12. The molecule has 219 valence electrons. The number of unbranched alkanes of at least 4 members (excludes halogenated alkanes) is 1. The standard InChI is InChI=1S/C30H53O7Si/c1-30(2,3)29(37-38(4)5)28-23(15-9-7-6-8-14-22(32)21-31)24(35-26-16-10-12-18-33-26)20-25(28)36-27-17-11-13-19-34-27/h7,9,23-29,31H,6,8,10-21H2,1-5H3/b9-7-/t23-,24-,25+,26?,27?,28-,29?/m0/s1. The van der Waals surface area contributed by atoms with Crippen LogP contribution in [0.2, 0.25) is 13.1 Å². The van der Waals surface area contributed by atoms with Gasteiger partial charge >= 0.3 is 0 Å². The molecule has 0 spiro atoms. The molecule has 2 saturated heterocycles. The molecule has 0 aromatic rings. The van der Waals surface area contributed by atoms with Gasteiger partial charge in [-0.25, -0.2) is 0 Å². The number of Topliss-reactive ketones (excluding diaryl/α,β-unsaturated/α-hetero) is 1. The number of hydrogen-bond acceptors (Lipinski definition) is 7. The van der Waals surface area contributed by atoms with E-state index in [0.29, 0.717) is 6.42 Å². The summed E-state index contributed by atoms with van der Waals surface area (Å²) in [6.45, 7) is 12.4. The monoisotopic (exact) mass is 553 g/mol. The van der Waals surface area contributed by atoms with Crippen LogP contribution in [0.5, 0.6) is 0 Å². The minimum Gasteiger partial charge on any atom is -0.413 e. The van der Waals surface area contributed by atoms with Gasteiger partial charge in [0.25, 0.3) is 0 Å². The van der Waals surface area contributed by atoms with Crippen molar-refractivity contribution in [3.05, 3.63) is 12.2 Å². The second-order valence-corrected chi connectivity index (χ2v) is 14.6. The Bertz CT molecular complexity index is 710. The molecule has 7 nitrogen and oxygen atoms in total. The second kappa shape index (κ2) is 16.0. The molecule has 8 heteroatoms. The molecule has 1 saturated carbocycles. The van der Waals surface area contributed by atoms with Gasteiger partial charge < -0.3 is 28.5 Å². The van der Waals surface area contributed by atoms with E-state index in [4.69, 9.17) is 28.5 Å². The van der Waals surface area contributed by atoms with Crippen molar-refractivity contribution in [3.63, 3.8) is 0 Å². The number of carbonyl (C=O) groups is 1. The highest BCUT2D eigenvalue weighted by Gasteiger charge is 2.52. The van der Waals surface area contributed by atoms with Gasteiger partial charge in [0.1, 0.15) is 6.61 Å². The van der Waals surface area contributed by atoms with E-state index in [1.807, 2.05) is 0 Å². The zero-order chi connectivity index (χ0) is 27.5. The summed E-state index contributed by atoms with van der Waals surface area (Å²) < 4.78 is 32.3. The molecule has 0 amide bonds. The maximum absolute atomic E-state index is 11.4. The number of rotatable bonds is 14. The highest BCUT2D eigenvalue weighted by Crippen LogP contribution is 2.47. The van der Waals surface area contributed by atoms with Gasteiger partial charge in [-0.2, -0.15) is 0 Å². The number of allylic oxidation sites excluding steroid dienone is 2. The summed E-state index contributed by atoms with van der Waals surface area (Å²) in [7, 11) is -0.940. The van der Waals surface area contributed by atoms with Crippen molar-refractivity contribution in [2.75, 3.05) is 19.8 Å². The topological polar surface area (TPSA) is 83.5 Å². The Morgan fingerprint density at radius 2 is 1.63 bits per heavy atom. The average Bonchev–Trinajstić information content (AvgIpc) is 3.20. The molecule has 3 rings (SSSR count). The maximum Gasteiger partial charge on any atom is 0.205 e. The molecular weight excluding hydrogens is 500 g/mol. The molecule has 0 aromatic heterocycles. The molecule has 3 unspecified atom stereocenters. The number of aliphatic hydroxyl groups is 1. The molecule has 2 heterocycles. The fraction of sp³-hybridized carbons (Fsp3) is 0.900. The molecule has 1 N–H and O–H groups in total. The summed E-state index contributed by atoms with van der Waals surface area (Å²) >= 11 is 0. The van der Waals surface area contributed by atoms with Crippen LogP contribution >= 0.6 is 0 Å². The molecule has 2 aliphatic heterocycles. The van der Waals surface area contributed by atoms with Crippen molar-refractivity contribution in [2.24, 2.45) is 17.3 Å².